The van der Waals surface area contributed by atoms with Crippen molar-refractivity contribution in [2.24, 2.45) is 0 Å². The first-order valence-corrected chi connectivity index (χ1v) is 5.72. The summed E-state index contributed by atoms with van der Waals surface area (Å²) in [6.07, 6.45) is -3.75. The Morgan fingerprint density at radius 1 is 1.28 bits per heavy atom. The van der Waals surface area contributed by atoms with Gasteiger partial charge in [0.2, 0.25) is 0 Å². The normalized spacial score (nSPS) is 13.2. The van der Waals surface area contributed by atoms with Gasteiger partial charge in [-0.3, -0.25) is 0 Å². The van der Waals surface area contributed by atoms with E-state index in [0.29, 0.717) is 23.7 Å². The van der Waals surface area contributed by atoms with E-state index in [0.717, 1.165) is 0 Å². The smallest absolute Gasteiger partial charge is 0.370 e. The first-order valence-electron chi connectivity index (χ1n) is 5.72. The second-order valence-corrected chi connectivity index (χ2v) is 4.09. The van der Waals surface area contributed by atoms with E-state index < -0.39 is 18.6 Å². The molecular weight excluding hydrogens is 245 g/mol. The Bertz CT molecular complexity index is 392. The Kier molecular flexibility index (Phi) is 4.75. The number of anilines is 2. The molecule has 0 fully saturated rings. The summed E-state index contributed by atoms with van der Waals surface area (Å²) in [6, 6.07) is -0.729. The molecule has 0 spiro atoms. The lowest BCUT2D eigenvalue weighted by atomic mass is 10.2. The number of aromatic nitrogens is 2. The summed E-state index contributed by atoms with van der Waals surface area (Å²) in [7, 11) is 0. The predicted molar refractivity (Wildman–Crippen MR) is 64.7 cm³/mol. The van der Waals surface area contributed by atoms with Crippen LogP contribution in [0.5, 0.6) is 0 Å². The van der Waals surface area contributed by atoms with Crippen molar-refractivity contribution in [3.8, 4) is 0 Å². The van der Waals surface area contributed by atoms with Gasteiger partial charge in [0.05, 0.1) is 6.42 Å². The Morgan fingerprint density at radius 3 is 2.44 bits per heavy atom. The Labute approximate surface area is 104 Å². The zero-order valence-corrected chi connectivity index (χ0v) is 10.6. The highest BCUT2D eigenvalue weighted by molar-refractivity contribution is 5.56. The summed E-state index contributed by atoms with van der Waals surface area (Å²) in [5, 5.41) is 5.78. The van der Waals surface area contributed by atoms with Crippen molar-refractivity contribution in [1.29, 1.82) is 0 Å². The van der Waals surface area contributed by atoms with Crippen LogP contribution in [0.2, 0.25) is 0 Å². The highest BCUT2D eigenvalue weighted by Crippen LogP contribution is 2.24. The van der Waals surface area contributed by atoms with Crippen molar-refractivity contribution in [1.82, 2.24) is 9.97 Å². The van der Waals surface area contributed by atoms with E-state index in [1.54, 1.807) is 6.92 Å². The van der Waals surface area contributed by atoms with Crippen LogP contribution in [0.1, 0.15) is 25.8 Å². The van der Waals surface area contributed by atoms with Crippen molar-refractivity contribution in [3.63, 3.8) is 0 Å². The first kappa shape index (κ1) is 14.5. The molecule has 4 nitrogen and oxygen atoms in total. The molecule has 7 heteroatoms. The minimum Gasteiger partial charge on any atom is -0.370 e. The Hall–Kier alpha value is -1.53. The maximum atomic E-state index is 12.2. The lowest BCUT2D eigenvalue weighted by Crippen LogP contribution is -2.25. The van der Waals surface area contributed by atoms with E-state index in [4.69, 9.17) is 0 Å². The molecular formula is C11H17F3N4. The van der Waals surface area contributed by atoms with Gasteiger partial charge in [0.15, 0.2) is 0 Å². The average Bonchev–Trinajstić information content (AvgIpc) is 2.21. The van der Waals surface area contributed by atoms with Crippen LogP contribution < -0.4 is 10.6 Å². The van der Waals surface area contributed by atoms with Gasteiger partial charge in [0, 0.05) is 18.2 Å². The van der Waals surface area contributed by atoms with E-state index in [1.165, 1.54) is 13.3 Å². The van der Waals surface area contributed by atoms with Crippen LogP contribution in [0, 0.1) is 6.92 Å². The molecule has 18 heavy (non-hydrogen) atoms. The largest absolute Gasteiger partial charge is 0.391 e. The molecule has 1 atom stereocenters. The molecule has 1 unspecified atom stereocenters. The minimum absolute atomic E-state index is 0.428. The summed E-state index contributed by atoms with van der Waals surface area (Å²) < 4.78 is 36.7. The quantitative estimate of drug-likeness (QED) is 0.856. The van der Waals surface area contributed by atoms with Crippen LogP contribution in [-0.2, 0) is 0 Å². The molecule has 0 aliphatic heterocycles. The highest BCUT2D eigenvalue weighted by Gasteiger charge is 2.30. The standard InChI is InChI=1S/C11H17F3N4/c1-4-15-9-8(3)10(17-6-16-9)18-7(2)5-11(12,13)14/h6-7H,4-5H2,1-3H3,(H2,15,16,17,18). The molecule has 0 radical (unpaired) electrons. The fourth-order valence-corrected chi connectivity index (χ4v) is 1.57. The number of halogens is 3. The second kappa shape index (κ2) is 5.88. The van der Waals surface area contributed by atoms with Gasteiger partial charge in [0.1, 0.15) is 18.0 Å². The summed E-state index contributed by atoms with van der Waals surface area (Å²) in [6.45, 7) is 5.85. The number of rotatable bonds is 5. The van der Waals surface area contributed by atoms with Crippen LogP contribution in [0.25, 0.3) is 0 Å². The van der Waals surface area contributed by atoms with Gasteiger partial charge >= 0.3 is 6.18 Å². The average molecular weight is 262 g/mol. The van der Waals surface area contributed by atoms with Gasteiger partial charge in [-0.05, 0) is 20.8 Å². The SMILES string of the molecule is CCNc1ncnc(NC(C)CC(F)(F)F)c1C. The summed E-state index contributed by atoms with van der Waals surface area (Å²) >= 11 is 0. The third-order valence-corrected chi connectivity index (χ3v) is 2.35. The van der Waals surface area contributed by atoms with E-state index in [1.807, 2.05) is 6.92 Å². The van der Waals surface area contributed by atoms with Crippen molar-refractivity contribution in [2.75, 3.05) is 17.2 Å². The van der Waals surface area contributed by atoms with Crippen LogP contribution in [0.15, 0.2) is 6.33 Å². The third kappa shape index (κ3) is 4.38. The predicted octanol–water partition coefficient (Wildman–Crippen LogP) is 2.97. The van der Waals surface area contributed by atoms with E-state index >= 15 is 0 Å². The van der Waals surface area contributed by atoms with Crippen molar-refractivity contribution < 1.29 is 13.2 Å². The Balaban J connectivity index is 2.75. The number of nitrogens with one attached hydrogen (secondary N) is 2. The van der Waals surface area contributed by atoms with Crippen molar-refractivity contribution in [3.05, 3.63) is 11.9 Å². The van der Waals surface area contributed by atoms with Gasteiger partial charge in [-0.2, -0.15) is 13.2 Å². The molecule has 102 valence electrons. The highest BCUT2D eigenvalue weighted by atomic mass is 19.4. The Morgan fingerprint density at radius 2 is 1.89 bits per heavy atom. The zero-order valence-electron chi connectivity index (χ0n) is 10.6. The van der Waals surface area contributed by atoms with Crippen LogP contribution in [0.4, 0.5) is 24.8 Å². The molecule has 2 N–H and O–H groups in total. The fraction of sp³-hybridized carbons (Fsp3) is 0.636. The fourth-order valence-electron chi connectivity index (χ4n) is 1.57. The maximum Gasteiger partial charge on any atom is 0.391 e. The topological polar surface area (TPSA) is 49.8 Å². The molecule has 0 aliphatic carbocycles. The lowest BCUT2D eigenvalue weighted by molar-refractivity contribution is -0.136. The van der Waals surface area contributed by atoms with Crippen LogP contribution in [0.3, 0.4) is 0 Å². The van der Waals surface area contributed by atoms with Crippen LogP contribution in [-0.4, -0.2) is 28.7 Å². The maximum absolute atomic E-state index is 12.2. The molecule has 1 aromatic rings. The summed E-state index contributed by atoms with van der Waals surface area (Å²) in [5.41, 5.74) is 0.716. The monoisotopic (exact) mass is 262 g/mol. The van der Waals surface area contributed by atoms with Gasteiger partial charge < -0.3 is 10.6 Å². The first-order chi connectivity index (χ1) is 8.33. The molecule has 1 aromatic heterocycles. The van der Waals surface area contributed by atoms with Crippen LogP contribution >= 0.6 is 0 Å². The molecule has 0 aromatic carbocycles. The minimum atomic E-state index is -4.18. The summed E-state index contributed by atoms with van der Waals surface area (Å²) in [4.78, 5) is 7.99. The molecule has 0 saturated carbocycles. The number of alkyl halides is 3. The molecule has 0 amide bonds. The van der Waals surface area contributed by atoms with Gasteiger partial charge in [0.25, 0.3) is 0 Å². The van der Waals surface area contributed by atoms with E-state index in [2.05, 4.69) is 20.6 Å². The molecule has 0 aliphatic rings. The third-order valence-electron chi connectivity index (χ3n) is 2.35. The number of hydrogen-bond acceptors (Lipinski definition) is 4. The molecule has 1 heterocycles. The number of hydrogen-bond donors (Lipinski definition) is 2. The van der Waals surface area contributed by atoms with E-state index in [-0.39, 0.29) is 0 Å². The van der Waals surface area contributed by atoms with Crippen molar-refractivity contribution >= 4 is 11.6 Å². The van der Waals surface area contributed by atoms with Gasteiger partial charge in [-0.15, -0.1) is 0 Å². The number of nitrogens with zero attached hydrogens (tertiary/aromatic N) is 2. The molecule has 0 saturated heterocycles. The van der Waals surface area contributed by atoms with Crippen molar-refractivity contribution in [2.45, 2.75) is 39.4 Å². The summed E-state index contributed by atoms with van der Waals surface area (Å²) in [5.74, 6) is 1.06. The molecule has 0 bridgehead atoms. The van der Waals surface area contributed by atoms with Gasteiger partial charge in [-0.1, -0.05) is 0 Å². The van der Waals surface area contributed by atoms with E-state index in [9.17, 15) is 13.2 Å². The molecule has 1 rings (SSSR count). The zero-order chi connectivity index (χ0) is 13.8. The second-order valence-electron chi connectivity index (χ2n) is 4.09. The van der Waals surface area contributed by atoms with Gasteiger partial charge in [-0.25, -0.2) is 9.97 Å². The lowest BCUT2D eigenvalue weighted by Gasteiger charge is -2.18.